The zero-order chi connectivity index (χ0) is 11.3. The second kappa shape index (κ2) is 6.33. The fraction of sp³-hybridized carbons (Fsp3) is 0.545. The Bertz CT molecular complexity index is 317. The standard InChI is InChI=1S/C11H16BrClN2/c1-3-9(13)4-5-14-11-10(12)6-8(2)7-15-11/h6-7,9H,3-5H2,1-2H3,(H,14,15). The van der Waals surface area contributed by atoms with E-state index in [1.807, 2.05) is 19.2 Å². The molecule has 84 valence electrons. The SMILES string of the molecule is CCC(Cl)CCNc1ncc(C)cc1Br. The first-order chi connectivity index (χ1) is 7.13. The van der Waals surface area contributed by atoms with Crippen molar-refractivity contribution >= 4 is 33.3 Å². The molecule has 1 aromatic rings. The summed E-state index contributed by atoms with van der Waals surface area (Å²) in [5.74, 6) is 0.889. The number of aromatic nitrogens is 1. The Labute approximate surface area is 105 Å². The Morgan fingerprint density at radius 3 is 2.93 bits per heavy atom. The van der Waals surface area contributed by atoms with E-state index in [4.69, 9.17) is 11.6 Å². The van der Waals surface area contributed by atoms with Crippen molar-refractivity contribution in [3.63, 3.8) is 0 Å². The molecule has 0 aliphatic carbocycles. The number of hydrogen-bond donors (Lipinski definition) is 1. The van der Waals surface area contributed by atoms with Crippen LogP contribution in [0.2, 0.25) is 0 Å². The van der Waals surface area contributed by atoms with E-state index in [1.165, 1.54) is 0 Å². The minimum absolute atomic E-state index is 0.252. The summed E-state index contributed by atoms with van der Waals surface area (Å²) in [6.45, 7) is 4.97. The molecule has 1 N–H and O–H groups in total. The van der Waals surface area contributed by atoms with Gasteiger partial charge in [-0.15, -0.1) is 11.6 Å². The fourth-order valence-corrected chi connectivity index (χ4v) is 1.93. The molecule has 0 spiro atoms. The summed E-state index contributed by atoms with van der Waals surface area (Å²) in [7, 11) is 0. The highest BCUT2D eigenvalue weighted by atomic mass is 79.9. The third-order valence-electron chi connectivity index (χ3n) is 2.17. The molecule has 4 heteroatoms. The first-order valence-electron chi connectivity index (χ1n) is 5.13. The number of nitrogens with zero attached hydrogens (tertiary/aromatic N) is 1. The number of halogens is 2. The number of aryl methyl sites for hydroxylation is 1. The first kappa shape index (κ1) is 12.8. The van der Waals surface area contributed by atoms with Crippen LogP contribution in [0.4, 0.5) is 5.82 Å². The van der Waals surface area contributed by atoms with Crippen LogP contribution in [-0.2, 0) is 0 Å². The predicted octanol–water partition coefficient (Wildman–Crippen LogP) is 3.97. The highest BCUT2D eigenvalue weighted by Gasteiger charge is 2.03. The molecule has 1 unspecified atom stereocenters. The molecule has 15 heavy (non-hydrogen) atoms. The molecule has 0 saturated heterocycles. The molecule has 0 aromatic carbocycles. The number of pyridine rings is 1. The lowest BCUT2D eigenvalue weighted by Crippen LogP contribution is -2.09. The van der Waals surface area contributed by atoms with Crippen molar-refractivity contribution in [2.75, 3.05) is 11.9 Å². The van der Waals surface area contributed by atoms with Crippen molar-refractivity contribution in [2.45, 2.75) is 32.1 Å². The third kappa shape index (κ3) is 4.39. The molecule has 1 heterocycles. The average molecular weight is 292 g/mol. The van der Waals surface area contributed by atoms with E-state index in [-0.39, 0.29) is 5.38 Å². The minimum atomic E-state index is 0.252. The normalized spacial score (nSPS) is 12.5. The molecule has 0 bridgehead atoms. The summed E-state index contributed by atoms with van der Waals surface area (Å²) in [6.07, 6.45) is 3.82. The lowest BCUT2D eigenvalue weighted by Gasteiger charge is -2.10. The molecule has 0 radical (unpaired) electrons. The van der Waals surface area contributed by atoms with Crippen LogP contribution in [-0.4, -0.2) is 16.9 Å². The summed E-state index contributed by atoms with van der Waals surface area (Å²) in [6, 6.07) is 2.05. The van der Waals surface area contributed by atoms with Gasteiger partial charge in [0.15, 0.2) is 0 Å². The molecule has 0 amide bonds. The largest absolute Gasteiger partial charge is 0.369 e. The maximum absolute atomic E-state index is 6.02. The summed E-state index contributed by atoms with van der Waals surface area (Å²) < 4.78 is 1.00. The Morgan fingerprint density at radius 2 is 2.33 bits per heavy atom. The van der Waals surface area contributed by atoms with Crippen LogP contribution >= 0.6 is 27.5 Å². The zero-order valence-electron chi connectivity index (χ0n) is 9.06. The molecule has 0 saturated carbocycles. The Morgan fingerprint density at radius 1 is 1.60 bits per heavy atom. The highest BCUT2D eigenvalue weighted by molar-refractivity contribution is 9.10. The van der Waals surface area contributed by atoms with E-state index in [2.05, 4.69) is 33.2 Å². The number of rotatable bonds is 5. The van der Waals surface area contributed by atoms with Gasteiger partial charge in [-0.3, -0.25) is 0 Å². The second-order valence-electron chi connectivity index (χ2n) is 3.56. The maximum Gasteiger partial charge on any atom is 0.140 e. The molecular formula is C11H16BrClN2. The Hall–Kier alpha value is -0.280. The van der Waals surface area contributed by atoms with Crippen LogP contribution in [0.1, 0.15) is 25.3 Å². The smallest absolute Gasteiger partial charge is 0.140 e. The fourth-order valence-electron chi connectivity index (χ4n) is 1.21. The molecule has 0 aliphatic heterocycles. The van der Waals surface area contributed by atoms with Gasteiger partial charge in [0.2, 0.25) is 0 Å². The summed E-state index contributed by atoms with van der Waals surface area (Å²) in [4.78, 5) is 4.30. The molecule has 1 atom stereocenters. The Kier molecular flexibility index (Phi) is 5.40. The van der Waals surface area contributed by atoms with Gasteiger partial charge in [-0.05, 0) is 47.3 Å². The predicted molar refractivity (Wildman–Crippen MR) is 69.7 cm³/mol. The van der Waals surface area contributed by atoms with Crippen LogP contribution in [0.15, 0.2) is 16.7 Å². The summed E-state index contributed by atoms with van der Waals surface area (Å²) >= 11 is 9.50. The van der Waals surface area contributed by atoms with Crippen molar-refractivity contribution in [1.82, 2.24) is 4.98 Å². The van der Waals surface area contributed by atoms with Crippen molar-refractivity contribution in [1.29, 1.82) is 0 Å². The molecule has 0 fully saturated rings. The molecule has 1 rings (SSSR count). The van der Waals surface area contributed by atoms with Crippen molar-refractivity contribution < 1.29 is 0 Å². The quantitative estimate of drug-likeness (QED) is 0.830. The molecule has 1 aromatic heterocycles. The van der Waals surface area contributed by atoms with E-state index in [0.717, 1.165) is 35.2 Å². The van der Waals surface area contributed by atoms with Crippen LogP contribution in [0.5, 0.6) is 0 Å². The number of alkyl halides is 1. The minimum Gasteiger partial charge on any atom is -0.369 e. The van der Waals surface area contributed by atoms with Crippen LogP contribution in [0.25, 0.3) is 0 Å². The van der Waals surface area contributed by atoms with E-state index >= 15 is 0 Å². The number of hydrogen-bond acceptors (Lipinski definition) is 2. The lowest BCUT2D eigenvalue weighted by molar-refractivity contribution is 0.751. The molecular weight excluding hydrogens is 275 g/mol. The van der Waals surface area contributed by atoms with Gasteiger partial charge in [-0.25, -0.2) is 4.98 Å². The van der Waals surface area contributed by atoms with Crippen LogP contribution in [0, 0.1) is 6.92 Å². The first-order valence-corrected chi connectivity index (χ1v) is 6.36. The molecule has 2 nitrogen and oxygen atoms in total. The van der Waals surface area contributed by atoms with Crippen molar-refractivity contribution in [3.8, 4) is 0 Å². The summed E-state index contributed by atoms with van der Waals surface area (Å²) in [5, 5.41) is 3.51. The van der Waals surface area contributed by atoms with Crippen LogP contribution in [0.3, 0.4) is 0 Å². The second-order valence-corrected chi connectivity index (χ2v) is 5.04. The highest BCUT2D eigenvalue weighted by Crippen LogP contribution is 2.20. The van der Waals surface area contributed by atoms with Gasteiger partial charge in [0.25, 0.3) is 0 Å². The monoisotopic (exact) mass is 290 g/mol. The third-order valence-corrected chi connectivity index (χ3v) is 3.30. The Balaban J connectivity index is 2.44. The lowest BCUT2D eigenvalue weighted by atomic mass is 10.2. The summed E-state index contributed by atoms with van der Waals surface area (Å²) in [5.41, 5.74) is 1.15. The van der Waals surface area contributed by atoms with Crippen molar-refractivity contribution in [2.24, 2.45) is 0 Å². The van der Waals surface area contributed by atoms with E-state index < -0.39 is 0 Å². The van der Waals surface area contributed by atoms with E-state index in [1.54, 1.807) is 0 Å². The van der Waals surface area contributed by atoms with Gasteiger partial charge in [-0.1, -0.05) is 6.92 Å². The van der Waals surface area contributed by atoms with E-state index in [0.29, 0.717) is 0 Å². The molecule has 0 aliphatic rings. The van der Waals surface area contributed by atoms with Crippen molar-refractivity contribution in [3.05, 3.63) is 22.3 Å². The van der Waals surface area contributed by atoms with Gasteiger partial charge in [0.05, 0.1) is 4.47 Å². The van der Waals surface area contributed by atoms with Gasteiger partial charge in [0.1, 0.15) is 5.82 Å². The van der Waals surface area contributed by atoms with Gasteiger partial charge < -0.3 is 5.32 Å². The average Bonchev–Trinajstić information content (AvgIpc) is 2.21. The van der Waals surface area contributed by atoms with Gasteiger partial charge in [-0.2, -0.15) is 0 Å². The number of anilines is 1. The number of nitrogens with one attached hydrogen (secondary N) is 1. The topological polar surface area (TPSA) is 24.9 Å². The maximum atomic E-state index is 6.02. The van der Waals surface area contributed by atoms with E-state index in [9.17, 15) is 0 Å². The zero-order valence-corrected chi connectivity index (χ0v) is 11.4. The van der Waals surface area contributed by atoms with Gasteiger partial charge in [0, 0.05) is 18.1 Å². The van der Waals surface area contributed by atoms with Crippen LogP contribution < -0.4 is 5.32 Å². The van der Waals surface area contributed by atoms with Gasteiger partial charge >= 0.3 is 0 Å².